The average Bonchev–Trinajstić information content (AvgIpc) is 3.08. The largest absolute Gasteiger partial charge is 0.345 e. The van der Waals surface area contributed by atoms with Gasteiger partial charge in [-0.25, -0.2) is 5.43 Å². The highest BCUT2D eigenvalue weighted by atomic mass is 32.2. The van der Waals surface area contributed by atoms with Crippen LogP contribution in [0.5, 0.6) is 0 Å². The molecule has 0 spiro atoms. The zero-order valence-corrected chi connectivity index (χ0v) is 17.8. The lowest BCUT2D eigenvalue weighted by molar-refractivity contribution is -0.141. The Bertz CT molecular complexity index is 684. The molecule has 2 saturated carbocycles. The van der Waals surface area contributed by atoms with Crippen molar-refractivity contribution in [2.75, 3.05) is 12.8 Å². The minimum absolute atomic E-state index is 0.0210. The van der Waals surface area contributed by atoms with Gasteiger partial charge in [0.2, 0.25) is 17.6 Å². The third-order valence-electron chi connectivity index (χ3n) is 6.14. The highest BCUT2D eigenvalue weighted by Crippen LogP contribution is 2.29. The lowest BCUT2D eigenvalue weighted by Crippen LogP contribution is -2.52. The Morgan fingerprint density at radius 3 is 2.24 bits per heavy atom. The second-order valence-electron chi connectivity index (χ2n) is 8.16. The van der Waals surface area contributed by atoms with E-state index in [4.69, 9.17) is 0 Å². The Hall–Kier alpha value is -1.90. The number of hydrogen-bond donors (Lipinski definition) is 2. The first-order chi connectivity index (χ1) is 14.0. The maximum Gasteiger partial charge on any atom is 0.309 e. The highest BCUT2D eigenvalue weighted by Gasteiger charge is 2.36. The first kappa shape index (κ1) is 21.8. The Morgan fingerprint density at radius 1 is 1.03 bits per heavy atom. The van der Waals surface area contributed by atoms with Gasteiger partial charge in [-0.1, -0.05) is 50.3 Å². The monoisotopic (exact) mass is 422 g/mol. The molecule has 3 rings (SSSR count). The fraction of sp³-hybridized carbons (Fsp3) is 0.750. The number of amidine groups is 1. The van der Waals surface area contributed by atoms with E-state index >= 15 is 0 Å². The van der Waals surface area contributed by atoms with E-state index < -0.39 is 17.7 Å². The zero-order chi connectivity index (χ0) is 20.8. The Balaban J connectivity index is 1.66. The standard InChI is InChI=1S/C20H30N4O4S/c1-24-15(25)12-29-20(24)23-22-19(28)17(26)16(13-8-4-2-5-9-13)21-18(27)14-10-6-3-7-11-14/h13-14,16H,2-12H2,1H3,(H,21,27)(H,22,28)/b23-20-. The van der Waals surface area contributed by atoms with E-state index in [2.05, 4.69) is 15.8 Å². The van der Waals surface area contributed by atoms with Gasteiger partial charge < -0.3 is 5.32 Å². The van der Waals surface area contributed by atoms with E-state index in [1.807, 2.05) is 0 Å². The predicted octanol–water partition coefficient (Wildman–Crippen LogP) is 1.79. The summed E-state index contributed by atoms with van der Waals surface area (Å²) in [6.45, 7) is 0. The molecule has 9 heteroatoms. The number of thioether (sulfide) groups is 1. The molecule has 0 aromatic carbocycles. The van der Waals surface area contributed by atoms with E-state index in [0.29, 0.717) is 5.17 Å². The third-order valence-corrected chi connectivity index (χ3v) is 7.15. The van der Waals surface area contributed by atoms with Crippen LogP contribution in [0.4, 0.5) is 0 Å². The molecule has 8 nitrogen and oxygen atoms in total. The van der Waals surface area contributed by atoms with Gasteiger partial charge in [0.05, 0.1) is 5.75 Å². The maximum atomic E-state index is 12.9. The van der Waals surface area contributed by atoms with Gasteiger partial charge in [-0.2, -0.15) is 0 Å². The summed E-state index contributed by atoms with van der Waals surface area (Å²) in [5, 5.41) is 7.20. The van der Waals surface area contributed by atoms with Crippen LogP contribution in [0.3, 0.4) is 0 Å². The summed E-state index contributed by atoms with van der Waals surface area (Å²) in [7, 11) is 1.57. The first-order valence-corrected chi connectivity index (χ1v) is 11.6. The number of carbonyl (C=O) groups excluding carboxylic acids is 4. The van der Waals surface area contributed by atoms with Gasteiger partial charge in [-0.05, 0) is 31.6 Å². The molecule has 0 bridgehead atoms. The van der Waals surface area contributed by atoms with Gasteiger partial charge >= 0.3 is 5.91 Å². The molecule has 3 fully saturated rings. The Morgan fingerprint density at radius 2 is 1.66 bits per heavy atom. The molecule has 3 amide bonds. The SMILES string of the molecule is CN1C(=O)CS/C1=N\NC(=O)C(=O)C(NC(=O)C1CCCCC1)C1CCCCC1. The van der Waals surface area contributed by atoms with Gasteiger partial charge in [-0.3, -0.25) is 24.1 Å². The van der Waals surface area contributed by atoms with Crippen molar-refractivity contribution in [2.24, 2.45) is 16.9 Å². The summed E-state index contributed by atoms with van der Waals surface area (Å²) in [5.41, 5.74) is 2.28. The van der Waals surface area contributed by atoms with Crippen molar-refractivity contribution >= 4 is 40.4 Å². The van der Waals surface area contributed by atoms with Crippen LogP contribution in [0.25, 0.3) is 0 Å². The number of ketones is 1. The zero-order valence-electron chi connectivity index (χ0n) is 16.9. The number of amides is 3. The molecule has 1 unspecified atom stereocenters. The number of nitrogens with one attached hydrogen (secondary N) is 2. The van der Waals surface area contributed by atoms with E-state index in [0.717, 1.165) is 64.2 Å². The van der Waals surface area contributed by atoms with E-state index in [1.54, 1.807) is 7.05 Å². The van der Waals surface area contributed by atoms with Crippen molar-refractivity contribution < 1.29 is 19.2 Å². The van der Waals surface area contributed by atoms with Gasteiger partial charge in [0.25, 0.3) is 0 Å². The van der Waals surface area contributed by atoms with Crippen LogP contribution in [0, 0.1) is 11.8 Å². The van der Waals surface area contributed by atoms with Crippen molar-refractivity contribution in [3.05, 3.63) is 0 Å². The molecule has 1 atom stereocenters. The van der Waals surface area contributed by atoms with E-state index in [1.165, 1.54) is 16.7 Å². The summed E-state index contributed by atoms with van der Waals surface area (Å²) in [4.78, 5) is 51.1. The number of rotatable bonds is 6. The number of carbonyl (C=O) groups is 4. The highest BCUT2D eigenvalue weighted by molar-refractivity contribution is 8.15. The van der Waals surface area contributed by atoms with Crippen LogP contribution in [-0.2, 0) is 19.2 Å². The number of hydrogen-bond acceptors (Lipinski definition) is 6. The van der Waals surface area contributed by atoms with Gasteiger partial charge in [0, 0.05) is 13.0 Å². The molecule has 160 valence electrons. The Kier molecular flexibility index (Phi) is 7.69. The van der Waals surface area contributed by atoms with Gasteiger partial charge in [0.1, 0.15) is 6.04 Å². The molecular formula is C20H30N4O4S. The van der Waals surface area contributed by atoms with Crippen LogP contribution in [-0.4, -0.2) is 52.4 Å². The fourth-order valence-corrected chi connectivity index (χ4v) is 5.18. The first-order valence-electron chi connectivity index (χ1n) is 10.6. The number of Topliss-reactive ketones (excluding diaryl/α,β-unsaturated/α-hetero) is 1. The maximum absolute atomic E-state index is 12.9. The molecule has 1 aliphatic heterocycles. The average molecular weight is 423 g/mol. The van der Waals surface area contributed by atoms with Crippen LogP contribution in [0.15, 0.2) is 5.10 Å². The van der Waals surface area contributed by atoms with E-state index in [-0.39, 0.29) is 29.4 Å². The van der Waals surface area contributed by atoms with Crippen molar-refractivity contribution in [1.82, 2.24) is 15.6 Å². The predicted molar refractivity (Wildman–Crippen MR) is 111 cm³/mol. The minimum atomic E-state index is -0.842. The van der Waals surface area contributed by atoms with Crippen molar-refractivity contribution in [1.29, 1.82) is 0 Å². The lowest BCUT2D eigenvalue weighted by atomic mass is 9.81. The van der Waals surface area contributed by atoms with Crippen molar-refractivity contribution in [3.8, 4) is 0 Å². The molecule has 1 saturated heterocycles. The summed E-state index contributed by atoms with van der Waals surface area (Å²) in [6, 6.07) is -0.805. The van der Waals surface area contributed by atoms with Crippen LogP contribution in [0.1, 0.15) is 64.2 Å². The molecule has 1 heterocycles. The van der Waals surface area contributed by atoms with Crippen molar-refractivity contribution in [2.45, 2.75) is 70.3 Å². The van der Waals surface area contributed by atoms with Gasteiger partial charge in [-0.15, -0.1) is 5.10 Å². The summed E-state index contributed by atoms with van der Waals surface area (Å²) < 4.78 is 0. The summed E-state index contributed by atoms with van der Waals surface area (Å²) in [6.07, 6.45) is 9.67. The number of hydrazone groups is 1. The van der Waals surface area contributed by atoms with Crippen LogP contribution >= 0.6 is 11.8 Å². The molecule has 3 aliphatic rings. The smallest absolute Gasteiger partial charge is 0.309 e. The van der Waals surface area contributed by atoms with E-state index in [9.17, 15) is 19.2 Å². The molecule has 2 aliphatic carbocycles. The summed E-state index contributed by atoms with van der Waals surface area (Å²) >= 11 is 1.21. The quantitative estimate of drug-likeness (QED) is 0.501. The summed E-state index contributed by atoms with van der Waals surface area (Å²) in [5.74, 6) is -1.53. The molecule has 0 aromatic rings. The molecule has 0 aromatic heterocycles. The third kappa shape index (κ3) is 5.58. The molecule has 2 N–H and O–H groups in total. The van der Waals surface area contributed by atoms with Crippen molar-refractivity contribution in [3.63, 3.8) is 0 Å². The number of nitrogens with zero attached hydrogens (tertiary/aromatic N) is 2. The molecular weight excluding hydrogens is 392 g/mol. The lowest BCUT2D eigenvalue weighted by Gasteiger charge is -2.31. The van der Waals surface area contributed by atoms with Crippen LogP contribution in [0.2, 0.25) is 0 Å². The van der Waals surface area contributed by atoms with Gasteiger partial charge in [0.15, 0.2) is 5.17 Å². The van der Waals surface area contributed by atoms with Crippen LogP contribution < -0.4 is 10.7 Å². The second kappa shape index (κ2) is 10.2. The normalized spacial score (nSPS) is 23.8. The second-order valence-corrected chi connectivity index (χ2v) is 9.10. The fourth-order valence-electron chi connectivity index (χ4n) is 4.33. The Labute approximate surface area is 175 Å². The minimum Gasteiger partial charge on any atom is -0.345 e. The topological polar surface area (TPSA) is 108 Å². The molecule has 29 heavy (non-hydrogen) atoms. The molecule has 0 radical (unpaired) electrons.